The van der Waals surface area contributed by atoms with Crippen LogP contribution >= 0.6 is 11.8 Å². The maximum absolute atomic E-state index is 12.7. The molecule has 2 aliphatic heterocycles. The Morgan fingerprint density at radius 2 is 1.71 bits per heavy atom. The molecule has 0 aliphatic carbocycles. The second-order valence-electron chi connectivity index (χ2n) is 7.05. The molecule has 3 rings (SSSR count). The van der Waals surface area contributed by atoms with Crippen molar-refractivity contribution in [3.05, 3.63) is 34.4 Å². The molecule has 2 heterocycles. The van der Waals surface area contributed by atoms with E-state index >= 15 is 0 Å². The van der Waals surface area contributed by atoms with Crippen LogP contribution in [0.2, 0.25) is 0 Å². The van der Waals surface area contributed by atoms with Crippen molar-refractivity contribution in [2.45, 2.75) is 29.9 Å². The zero-order chi connectivity index (χ0) is 20.1. The van der Waals surface area contributed by atoms with Gasteiger partial charge in [-0.25, -0.2) is 0 Å². The van der Waals surface area contributed by atoms with Crippen LogP contribution in [0.4, 0.5) is 5.69 Å². The first-order chi connectivity index (χ1) is 13.5. The number of carbonyl (C=O) groups excluding carboxylic acids is 2. The fourth-order valence-corrected chi connectivity index (χ4v) is 4.50. The summed E-state index contributed by atoms with van der Waals surface area (Å²) in [4.78, 5) is 40.1. The van der Waals surface area contributed by atoms with Gasteiger partial charge >= 0.3 is 0 Å². The smallest absolute Gasteiger partial charge is 0.269 e. The van der Waals surface area contributed by atoms with Crippen LogP contribution in [-0.2, 0) is 14.3 Å². The number of hydrogen-bond acceptors (Lipinski definition) is 6. The Morgan fingerprint density at radius 1 is 1.11 bits per heavy atom. The van der Waals surface area contributed by atoms with Crippen LogP contribution in [0, 0.1) is 16.0 Å². The Morgan fingerprint density at radius 3 is 2.29 bits per heavy atom. The van der Waals surface area contributed by atoms with Gasteiger partial charge in [0.05, 0.1) is 23.4 Å². The fourth-order valence-electron chi connectivity index (χ4n) is 3.55. The number of nitro groups is 1. The van der Waals surface area contributed by atoms with Crippen LogP contribution in [-0.4, -0.2) is 71.2 Å². The van der Waals surface area contributed by atoms with E-state index in [2.05, 4.69) is 0 Å². The largest absolute Gasteiger partial charge is 0.378 e. The van der Waals surface area contributed by atoms with E-state index in [-0.39, 0.29) is 28.7 Å². The van der Waals surface area contributed by atoms with Crippen LogP contribution in [0.25, 0.3) is 0 Å². The summed E-state index contributed by atoms with van der Waals surface area (Å²) in [5, 5.41) is 10.4. The van der Waals surface area contributed by atoms with Gasteiger partial charge in [0.2, 0.25) is 11.8 Å². The van der Waals surface area contributed by atoms with Gasteiger partial charge in [-0.2, -0.15) is 0 Å². The summed E-state index contributed by atoms with van der Waals surface area (Å²) >= 11 is 1.39. The summed E-state index contributed by atoms with van der Waals surface area (Å²) in [6.07, 6.45) is 1.38. The van der Waals surface area contributed by atoms with Gasteiger partial charge in [0.15, 0.2) is 0 Å². The van der Waals surface area contributed by atoms with E-state index in [4.69, 9.17) is 4.74 Å². The van der Waals surface area contributed by atoms with E-state index in [1.807, 2.05) is 16.7 Å². The Hall–Kier alpha value is -2.13. The minimum atomic E-state index is -0.439. The number of hydrogen-bond donors (Lipinski definition) is 0. The van der Waals surface area contributed by atoms with Crippen molar-refractivity contribution in [3.63, 3.8) is 0 Å². The number of thioether (sulfide) groups is 1. The molecule has 0 aromatic heterocycles. The molecule has 2 saturated heterocycles. The van der Waals surface area contributed by atoms with Crippen LogP contribution in [0.3, 0.4) is 0 Å². The van der Waals surface area contributed by atoms with Crippen LogP contribution in [0.5, 0.6) is 0 Å². The molecule has 2 aliphatic rings. The molecular weight excluding hydrogens is 382 g/mol. The van der Waals surface area contributed by atoms with Crippen molar-refractivity contribution in [2.24, 2.45) is 5.92 Å². The van der Waals surface area contributed by atoms with Gasteiger partial charge in [-0.05, 0) is 31.9 Å². The molecule has 0 bridgehead atoms. The monoisotopic (exact) mass is 407 g/mol. The predicted molar refractivity (Wildman–Crippen MR) is 105 cm³/mol. The lowest BCUT2D eigenvalue weighted by Crippen LogP contribution is -2.48. The van der Waals surface area contributed by atoms with Crippen LogP contribution in [0.1, 0.15) is 19.8 Å². The van der Waals surface area contributed by atoms with Crippen molar-refractivity contribution in [2.75, 3.05) is 39.4 Å². The highest BCUT2D eigenvalue weighted by atomic mass is 32.2. The van der Waals surface area contributed by atoms with Gasteiger partial charge in [-0.3, -0.25) is 19.7 Å². The molecule has 1 aromatic carbocycles. The van der Waals surface area contributed by atoms with Gasteiger partial charge < -0.3 is 14.5 Å². The number of amides is 2. The molecule has 2 amide bonds. The number of carbonyl (C=O) groups is 2. The number of nitro benzene ring substituents is 1. The Balaban J connectivity index is 1.48. The van der Waals surface area contributed by atoms with Crippen molar-refractivity contribution >= 4 is 29.3 Å². The summed E-state index contributed by atoms with van der Waals surface area (Å²) in [5.74, 6) is 0.212. The Bertz CT molecular complexity index is 713. The van der Waals surface area contributed by atoms with Gasteiger partial charge in [0.1, 0.15) is 0 Å². The molecule has 1 atom stereocenters. The second kappa shape index (κ2) is 9.38. The SMILES string of the molecule is CC(Sc1ccc([N+](=O)[O-])cc1)C(=O)N1CCC(C(=O)N2CCOCC2)CC1. The van der Waals surface area contributed by atoms with E-state index in [1.165, 1.54) is 23.9 Å². The Kier molecular flexibility index (Phi) is 6.90. The van der Waals surface area contributed by atoms with Crippen molar-refractivity contribution < 1.29 is 19.2 Å². The van der Waals surface area contributed by atoms with Gasteiger partial charge in [0.25, 0.3) is 5.69 Å². The fraction of sp³-hybridized carbons (Fsp3) is 0.579. The van der Waals surface area contributed by atoms with Gasteiger partial charge in [-0.15, -0.1) is 11.8 Å². The normalized spacial score (nSPS) is 19.3. The highest BCUT2D eigenvalue weighted by Crippen LogP contribution is 2.28. The number of rotatable bonds is 5. The molecule has 0 saturated carbocycles. The average Bonchev–Trinajstić information content (AvgIpc) is 2.73. The number of piperidine rings is 1. The highest BCUT2D eigenvalue weighted by Gasteiger charge is 2.32. The first-order valence-electron chi connectivity index (χ1n) is 9.52. The van der Waals surface area contributed by atoms with Crippen molar-refractivity contribution in [3.8, 4) is 0 Å². The van der Waals surface area contributed by atoms with E-state index in [1.54, 1.807) is 12.1 Å². The lowest BCUT2D eigenvalue weighted by atomic mass is 9.95. The number of benzene rings is 1. The third-order valence-electron chi connectivity index (χ3n) is 5.19. The molecular formula is C19H25N3O5S. The van der Waals surface area contributed by atoms with Gasteiger partial charge in [0, 0.05) is 49.1 Å². The second-order valence-corrected chi connectivity index (χ2v) is 8.46. The van der Waals surface area contributed by atoms with Crippen molar-refractivity contribution in [1.82, 2.24) is 9.80 Å². The summed E-state index contributed by atoms with van der Waals surface area (Å²) < 4.78 is 5.30. The van der Waals surface area contributed by atoms with E-state index in [0.717, 1.165) is 4.90 Å². The Labute approximate surface area is 168 Å². The highest BCUT2D eigenvalue weighted by molar-refractivity contribution is 8.00. The number of nitrogens with zero attached hydrogens (tertiary/aromatic N) is 3. The minimum absolute atomic E-state index is 0.0141. The standard InChI is InChI=1S/C19H25N3O5S/c1-14(28-17-4-2-16(3-5-17)22(25)26)18(23)20-8-6-15(7-9-20)19(24)21-10-12-27-13-11-21/h2-5,14-15H,6-13H2,1H3. The first kappa shape index (κ1) is 20.6. The lowest BCUT2D eigenvalue weighted by Gasteiger charge is -2.36. The first-order valence-corrected chi connectivity index (χ1v) is 10.4. The maximum Gasteiger partial charge on any atom is 0.269 e. The van der Waals surface area contributed by atoms with Crippen LogP contribution in [0.15, 0.2) is 29.2 Å². The average molecular weight is 407 g/mol. The predicted octanol–water partition coefficient (Wildman–Crippen LogP) is 2.17. The van der Waals surface area contributed by atoms with Crippen molar-refractivity contribution in [1.29, 1.82) is 0 Å². The summed E-state index contributed by atoms with van der Waals surface area (Å²) in [5.41, 5.74) is 0.0373. The van der Waals surface area contributed by atoms with E-state index in [0.29, 0.717) is 52.2 Å². The minimum Gasteiger partial charge on any atom is -0.378 e. The maximum atomic E-state index is 12.7. The topological polar surface area (TPSA) is 93.0 Å². The zero-order valence-electron chi connectivity index (χ0n) is 15.9. The molecule has 0 spiro atoms. The molecule has 1 unspecified atom stereocenters. The van der Waals surface area contributed by atoms with Gasteiger partial charge in [-0.1, -0.05) is 0 Å². The lowest BCUT2D eigenvalue weighted by molar-refractivity contribution is -0.384. The molecule has 1 aromatic rings. The molecule has 152 valence electrons. The zero-order valence-corrected chi connectivity index (χ0v) is 16.7. The third-order valence-corrected chi connectivity index (χ3v) is 6.29. The molecule has 0 N–H and O–H groups in total. The van der Waals surface area contributed by atoms with E-state index < -0.39 is 4.92 Å². The quantitative estimate of drug-likeness (QED) is 0.422. The molecule has 8 nitrogen and oxygen atoms in total. The molecule has 2 fully saturated rings. The number of ether oxygens (including phenoxy) is 1. The van der Waals surface area contributed by atoms with Crippen LogP contribution < -0.4 is 0 Å². The number of likely N-dealkylation sites (tertiary alicyclic amines) is 1. The molecule has 9 heteroatoms. The number of morpholine rings is 1. The molecule has 0 radical (unpaired) electrons. The summed E-state index contributed by atoms with van der Waals surface area (Å²) in [6.45, 7) is 5.53. The third kappa shape index (κ3) is 5.02. The summed E-state index contributed by atoms with van der Waals surface area (Å²) in [6, 6.07) is 6.23. The van der Waals surface area contributed by atoms with E-state index in [9.17, 15) is 19.7 Å². The summed E-state index contributed by atoms with van der Waals surface area (Å²) in [7, 11) is 0. The molecule has 28 heavy (non-hydrogen) atoms. The number of non-ortho nitro benzene ring substituents is 1.